The van der Waals surface area contributed by atoms with Crippen molar-refractivity contribution < 1.29 is 22.5 Å². The summed E-state index contributed by atoms with van der Waals surface area (Å²) in [6, 6.07) is 15.4. The third-order valence-corrected chi connectivity index (χ3v) is 4.61. The maximum Gasteiger partial charge on any atom is 0.416 e. The highest BCUT2D eigenvalue weighted by molar-refractivity contribution is 6.01. The van der Waals surface area contributed by atoms with Gasteiger partial charge in [0.1, 0.15) is 0 Å². The standard InChI is InChI=1S/C21H15F3N4O2/c22-21(23,24)13-3-1-4-15(11-13)28(20(26)29)14-9-7-12(8-10-14)16-5-2-6-17-18(16)19(25)27-30-17/h1-11H,(H2,25,27)(H2,26,29). The van der Waals surface area contributed by atoms with Crippen LogP contribution in [0, 0.1) is 0 Å². The average Bonchev–Trinajstić information content (AvgIpc) is 3.09. The topological polar surface area (TPSA) is 98.4 Å². The Hall–Kier alpha value is -4.01. The number of hydrogen-bond donors (Lipinski definition) is 2. The minimum atomic E-state index is -4.54. The van der Waals surface area contributed by atoms with Gasteiger partial charge in [0.2, 0.25) is 0 Å². The molecule has 0 bridgehead atoms. The number of halogens is 3. The Bertz CT molecular complexity index is 1230. The highest BCUT2D eigenvalue weighted by Crippen LogP contribution is 2.36. The van der Waals surface area contributed by atoms with Crippen molar-refractivity contribution in [2.45, 2.75) is 6.18 Å². The Labute approximate surface area is 168 Å². The molecule has 4 N–H and O–H groups in total. The second-order valence-corrected chi connectivity index (χ2v) is 6.52. The molecule has 6 nitrogen and oxygen atoms in total. The zero-order valence-electron chi connectivity index (χ0n) is 15.4. The number of benzene rings is 3. The molecule has 0 atom stereocenters. The van der Waals surface area contributed by atoms with Gasteiger partial charge in [-0.15, -0.1) is 0 Å². The molecule has 1 heterocycles. The van der Waals surface area contributed by atoms with Crippen LogP contribution >= 0.6 is 0 Å². The van der Waals surface area contributed by atoms with E-state index in [1.165, 1.54) is 12.1 Å². The molecular weight excluding hydrogens is 397 g/mol. The summed E-state index contributed by atoms with van der Waals surface area (Å²) in [5.74, 6) is 0.243. The Morgan fingerprint density at radius 1 is 0.967 bits per heavy atom. The normalized spacial score (nSPS) is 11.6. The summed E-state index contributed by atoms with van der Waals surface area (Å²) in [6.45, 7) is 0. The maximum absolute atomic E-state index is 13.1. The van der Waals surface area contributed by atoms with Gasteiger partial charge in [0.25, 0.3) is 0 Å². The largest absolute Gasteiger partial charge is 0.416 e. The molecule has 4 rings (SSSR count). The molecule has 9 heteroatoms. The molecule has 4 aromatic rings. The van der Waals surface area contributed by atoms with E-state index in [2.05, 4.69) is 5.16 Å². The fraction of sp³-hybridized carbons (Fsp3) is 0.0476. The molecule has 152 valence electrons. The quantitative estimate of drug-likeness (QED) is 0.476. The van der Waals surface area contributed by atoms with E-state index >= 15 is 0 Å². The molecule has 30 heavy (non-hydrogen) atoms. The first-order valence-corrected chi connectivity index (χ1v) is 8.77. The number of nitrogen functional groups attached to an aromatic ring is 1. The zero-order chi connectivity index (χ0) is 21.5. The van der Waals surface area contributed by atoms with Crippen LogP contribution in [0.1, 0.15) is 5.56 Å². The van der Waals surface area contributed by atoms with Crippen LogP contribution in [0.25, 0.3) is 22.1 Å². The lowest BCUT2D eigenvalue weighted by molar-refractivity contribution is -0.137. The Balaban J connectivity index is 1.75. The van der Waals surface area contributed by atoms with E-state index < -0.39 is 17.8 Å². The lowest BCUT2D eigenvalue weighted by Crippen LogP contribution is -2.31. The van der Waals surface area contributed by atoms with Gasteiger partial charge in [0, 0.05) is 0 Å². The molecule has 0 spiro atoms. The first kappa shape index (κ1) is 19.3. The summed E-state index contributed by atoms with van der Waals surface area (Å²) in [4.78, 5) is 13.0. The average molecular weight is 412 g/mol. The van der Waals surface area contributed by atoms with Gasteiger partial charge in [0.05, 0.1) is 22.3 Å². The van der Waals surface area contributed by atoms with E-state index in [1.807, 2.05) is 6.07 Å². The van der Waals surface area contributed by atoms with Crippen LogP contribution in [-0.2, 0) is 6.18 Å². The van der Waals surface area contributed by atoms with Gasteiger partial charge in [-0.05, 0) is 47.5 Å². The molecule has 0 aliphatic heterocycles. The van der Waals surface area contributed by atoms with E-state index in [-0.39, 0.29) is 11.5 Å². The van der Waals surface area contributed by atoms with Gasteiger partial charge in [-0.3, -0.25) is 4.90 Å². The highest BCUT2D eigenvalue weighted by atomic mass is 19.4. The number of primary amides is 1. The number of aromatic nitrogens is 1. The number of carbonyl (C=O) groups excluding carboxylic acids is 1. The molecule has 1 aromatic heterocycles. The van der Waals surface area contributed by atoms with Crippen molar-refractivity contribution in [1.29, 1.82) is 0 Å². The van der Waals surface area contributed by atoms with Crippen LogP contribution in [0.5, 0.6) is 0 Å². The lowest BCUT2D eigenvalue weighted by Gasteiger charge is -2.22. The number of fused-ring (bicyclic) bond motifs is 1. The summed E-state index contributed by atoms with van der Waals surface area (Å²) < 4.78 is 44.3. The SMILES string of the molecule is NC(=O)N(c1ccc(-c2cccc3onc(N)c23)cc1)c1cccc(C(F)(F)F)c1. The number of carbonyl (C=O) groups is 1. The van der Waals surface area contributed by atoms with Crippen molar-refractivity contribution >= 4 is 34.2 Å². The first-order valence-electron chi connectivity index (χ1n) is 8.77. The molecule has 0 radical (unpaired) electrons. The van der Waals surface area contributed by atoms with E-state index in [9.17, 15) is 18.0 Å². The number of amides is 2. The molecule has 2 amide bonds. The third-order valence-electron chi connectivity index (χ3n) is 4.61. The summed E-state index contributed by atoms with van der Waals surface area (Å²) in [5, 5.41) is 4.41. The van der Waals surface area contributed by atoms with Gasteiger partial charge >= 0.3 is 12.2 Å². The van der Waals surface area contributed by atoms with Crippen molar-refractivity contribution in [3.05, 3.63) is 72.3 Å². The molecule has 0 aliphatic carbocycles. The summed E-state index contributed by atoms with van der Waals surface area (Å²) in [5.41, 5.74) is 12.8. The summed E-state index contributed by atoms with van der Waals surface area (Å²) >= 11 is 0. The number of alkyl halides is 3. The lowest BCUT2D eigenvalue weighted by atomic mass is 10.0. The van der Waals surface area contributed by atoms with E-state index in [4.69, 9.17) is 16.0 Å². The van der Waals surface area contributed by atoms with Crippen molar-refractivity contribution in [2.24, 2.45) is 5.73 Å². The molecule has 0 saturated carbocycles. The van der Waals surface area contributed by atoms with Crippen LogP contribution in [0.4, 0.5) is 35.2 Å². The molecule has 0 fully saturated rings. The minimum absolute atomic E-state index is 0.00968. The smallest absolute Gasteiger partial charge is 0.380 e. The predicted molar refractivity (Wildman–Crippen MR) is 107 cm³/mol. The number of anilines is 3. The number of hydrogen-bond acceptors (Lipinski definition) is 4. The first-order chi connectivity index (χ1) is 14.3. The summed E-state index contributed by atoms with van der Waals surface area (Å²) in [7, 11) is 0. The van der Waals surface area contributed by atoms with Crippen molar-refractivity contribution in [3.8, 4) is 11.1 Å². The van der Waals surface area contributed by atoms with Crippen LogP contribution in [0.15, 0.2) is 71.3 Å². The molecule has 3 aromatic carbocycles. The Morgan fingerprint density at radius 3 is 2.33 bits per heavy atom. The maximum atomic E-state index is 13.1. The monoisotopic (exact) mass is 412 g/mol. The minimum Gasteiger partial charge on any atom is -0.380 e. The highest BCUT2D eigenvalue weighted by Gasteiger charge is 2.31. The molecular formula is C21H15F3N4O2. The molecule has 0 saturated heterocycles. The number of nitrogens with zero attached hydrogens (tertiary/aromatic N) is 2. The third kappa shape index (κ3) is 3.41. The van der Waals surface area contributed by atoms with Gasteiger partial charge in [-0.2, -0.15) is 13.2 Å². The van der Waals surface area contributed by atoms with Crippen LogP contribution < -0.4 is 16.4 Å². The van der Waals surface area contributed by atoms with Crippen molar-refractivity contribution in [2.75, 3.05) is 10.6 Å². The van der Waals surface area contributed by atoms with Gasteiger partial charge < -0.3 is 16.0 Å². The second-order valence-electron chi connectivity index (χ2n) is 6.52. The fourth-order valence-electron chi connectivity index (χ4n) is 3.27. The fourth-order valence-corrected chi connectivity index (χ4v) is 3.27. The number of urea groups is 1. The number of nitrogens with two attached hydrogens (primary N) is 2. The summed E-state index contributed by atoms with van der Waals surface area (Å²) in [6.07, 6.45) is -4.54. The number of rotatable bonds is 3. The molecule has 0 aliphatic rings. The molecule has 0 unspecified atom stereocenters. The zero-order valence-corrected chi connectivity index (χ0v) is 15.4. The second kappa shape index (κ2) is 7.11. The van der Waals surface area contributed by atoms with Gasteiger partial charge in [-0.1, -0.05) is 35.5 Å². The van der Waals surface area contributed by atoms with Gasteiger partial charge in [-0.25, -0.2) is 4.79 Å². The predicted octanol–water partition coefficient (Wildman–Crippen LogP) is 5.31. The van der Waals surface area contributed by atoms with E-state index in [0.29, 0.717) is 16.7 Å². The van der Waals surface area contributed by atoms with Gasteiger partial charge in [0.15, 0.2) is 11.4 Å². The van der Waals surface area contributed by atoms with Crippen LogP contribution in [-0.4, -0.2) is 11.2 Å². The van der Waals surface area contributed by atoms with E-state index in [1.54, 1.807) is 36.4 Å². The van der Waals surface area contributed by atoms with Crippen LogP contribution in [0.3, 0.4) is 0 Å². The van der Waals surface area contributed by atoms with Crippen molar-refractivity contribution in [1.82, 2.24) is 5.16 Å². The van der Waals surface area contributed by atoms with Crippen LogP contribution in [0.2, 0.25) is 0 Å². The van der Waals surface area contributed by atoms with Crippen molar-refractivity contribution in [3.63, 3.8) is 0 Å². The van der Waals surface area contributed by atoms with E-state index in [0.717, 1.165) is 28.2 Å². The Morgan fingerprint density at radius 2 is 1.67 bits per heavy atom. The Kier molecular flexibility index (Phi) is 4.57.